The van der Waals surface area contributed by atoms with E-state index in [4.69, 9.17) is 18.5 Å². The zero-order valence-electron chi connectivity index (χ0n) is 29.4. The molecule has 2 N–H and O–H groups in total. The van der Waals surface area contributed by atoms with Gasteiger partial charge < -0.3 is 24.2 Å². The van der Waals surface area contributed by atoms with Crippen molar-refractivity contribution in [2.75, 3.05) is 59.4 Å². The number of phosphoric acid groups is 1. The number of aromatic nitrogens is 2. The molecule has 2 atom stereocenters. The molecule has 0 fully saturated rings. The molecule has 1 unspecified atom stereocenters. The Kier molecular flexibility index (Phi) is 19.3. The molecular formula is C32H55N5O11P+. The molecule has 2 rings (SSSR count). The van der Waals surface area contributed by atoms with Gasteiger partial charge in [-0.1, -0.05) is 64.7 Å². The third-order valence-electron chi connectivity index (χ3n) is 7.62. The highest BCUT2D eigenvalue weighted by molar-refractivity contribution is 7.47. The summed E-state index contributed by atoms with van der Waals surface area (Å²) in [6, 6.07) is 3.01. The van der Waals surface area contributed by atoms with Gasteiger partial charge in [0.2, 0.25) is 5.52 Å². The van der Waals surface area contributed by atoms with Gasteiger partial charge in [-0.2, -0.15) is 0 Å². The Bertz CT molecular complexity index is 1330. The molecule has 1 aromatic heterocycles. The Labute approximate surface area is 288 Å². The Morgan fingerprint density at radius 1 is 0.918 bits per heavy atom. The van der Waals surface area contributed by atoms with E-state index < -0.39 is 37.4 Å². The average molecular weight is 717 g/mol. The molecule has 16 nitrogen and oxygen atoms in total. The topological polar surface area (TPSA) is 202 Å². The first kappa shape index (κ1) is 42.0. The van der Waals surface area contributed by atoms with Crippen molar-refractivity contribution in [3.05, 3.63) is 22.2 Å². The normalized spacial score (nSPS) is 13.6. The van der Waals surface area contributed by atoms with Crippen LogP contribution < -0.4 is 5.32 Å². The quantitative estimate of drug-likeness (QED) is 0.0247. The van der Waals surface area contributed by atoms with Crippen LogP contribution in [0.3, 0.4) is 0 Å². The van der Waals surface area contributed by atoms with Crippen molar-refractivity contribution in [2.45, 2.75) is 103 Å². The fraction of sp³-hybridized carbons (Fsp3) is 0.750. The molecule has 0 aliphatic rings. The predicted octanol–water partition coefficient (Wildman–Crippen LogP) is 6.32. The number of quaternary nitrogens is 1. The monoisotopic (exact) mass is 716 g/mol. The van der Waals surface area contributed by atoms with Crippen molar-refractivity contribution in [2.24, 2.45) is 0 Å². The number of non-ortho nitro benzene ring substituents is 1. The zero-order chi connectivity index (χ0) is 36.1. The third-order valence-corrected chi connectivity index (χ3v) is 8.60. The van der Waals surface area contributed by atoms with E-state index in [0.717, 1.165) is 64.2 Å². The van der Waals surface area contributed by atoms with Crippen LogP contribution >= 0.6 is 7.82 Å². The van der Waals surface area contributed by atoms with Crippen LogP contribution in [0.4, 0.5) is 11.4 Å². The standard InChI is InChI=1S/C32H54N5O11P/c1-5-6-14-17-29(38)44-24-26(25-46-49(42,43)45-23-22-37(2,3)4)47-30(39)18-15-12-10-8-7-9-11-13-16-21-33-27-19-20-28(36(40)41)32-31(27)34-48-35-32/h19-20,26H,5-18,21-25H2,1-4H3,(H-,33,35,42,43)/p+1/t26-/m1/s1. The van der Waals surface area contributed by atoms with Gasteiger partial charge in [0, 0.05) is 25.5 Å². The van der Waals surface area contributed by atoms with Crippen LogP contribution in [0, 0.1) is 10.1 Å². The second kappa shape index (κ2) is 22.5. The maximum atomic E-state index is 12.5. The molecule has 0 aliphatic heterocycles. The van der Waals surface area contributed by atoms with E-state index in [0.29, 0.717) is 41.6 Å². The van der Waals surface area contributed by atoms with Gasteiger partial charge in [-0.15, -0.1) is 0 Å². The first-order valence-corrected chi connectivity index (χ1v) is 18.7. The summed E-state index contributed by atoms with van der Waals surface area (Å²) >= 11 is 0. The lowest BCUT2D eigenvalue weighted by molar-refractivity contribution is -0.870. The smallest absolute Gasteiger partial charge is 0.462 e. The van der Waals surface area contributed by atoms with Crippen molar-refractivity contribution in [1.29, 1.82) is 0 Å². The number of hydrogen-bond donors (Lipinski definition) is 2. The van der Waals surface area contributed by atoms with Crippen LogP contribution in [0.5, 0.6) is 0 Å². The summed E-state index contributed by atoms with van der Waals surface area (Å²) in [5, 5.41) is 21.8. The fourth-order valence-electron chi connectivity index (χ4n) is 4.78. The molecule has 0 saturated heterocycles. The van der Waals surface area contributed by atoms with Crippen molar-refractivity contribution in [3.8, 4) is 0 Å². The number of nitrogens with one attached hydrogen (secondary N) is 1. The molecule has 49 heavy (non-hydrogen) atoms. The van der Waals surface area contributed by atoms with Gasteiger partial charge in [0.25, 0.3) is 0 Å². The molecule has 0 bridgehead atoms. The van der Waals surface area contributed by atoms with Crippen LogP contribution in [-0.4, -0.2) is 96.7 Å². The lowest BCUT2D eigenvalue weighted by Crippen LogP contribution is -2.37. The molecule has 1 heterocycles. The molecular weight excluding hydrogens is 661 g/mol. The number of rotatable bonds is 28. The summed E-state index contributed by atoms with van der Waals surface area (Å²) in [6.07, 6.45) is 10.7. The highest BCUT2D eigenvalue weighted by Gasteiger charge is 2.27. The van der Waals surface area contributed by atoms with Gasteiger partial charge in [-0.3, -0.25) is 28.8 Å². The first-order chi connectivity index (χ1) is 23.3. The van der Waals surface area contributed by atoms with Gasteiger partial charge >= 0.3 is 25.4 Å². The zero-order valence-corrected chi connectivity index (χ0v) is 30.3. The largest absolute Gasteiger partial charge is 0.472 e. The number of unbranched alkanes of at least 4 members (excludes halogenated alkanes) is 10. The Morgan fingerprint density at radius 3 is 2.18 bits per heavy atom. The average Bonchev–Trinajstić information content (AvgIpc) is 3.52. The first-order valence-electron chi connectivity index (χ1n) is 17.2. The number of nitro groups is 1. The Hall–Kier alpha value is -3.17. The fourth-order valence-corrected chi connectivity index (χ4v) is 5.52. The second-order valence-electron chi connectivity index (χ2n) is 13.1. The minimum atomic E-state index is -4.39. The predicted molar refractivity (Wildman–Crippen MR) is 183 cm³/mol. The summed E-state index contributed by atoms with van der Waals surface area (Å²) < 4.78 is 38.4. The SMILES string of the molecule is CCCCCC(=O)OC[C@H](COP(=O)(O)OCC[N+](C)(C)C)OC(=O)CCCCCCCCCCCNc1ccc([N+](=O)[O-])c2nonc12. The van der Waals surface area contributed by atoms with E-state index in [9.17, 15) is 29.2 Å². The second-order valence-corrected chi connectivity index (χ2v) is 14.5. The number of anilines is 1. The number of likely N-dealkylation sites (N-methyl/N-ethyl adjacent to an activating group) is 1. The van der Waals surface area contributed by atoms with E-state index in [1.807, 2.05) is 28.1 Å². The maximum Gasteiger partial charge on any atom is 0.472 e. The summed E-state index contributed by atoms with van der Waals surface area (Å²) in [4.78, 5) is 45.3. The number of esters is 2. The summed E-state index contributed by atoms with van der Waals surface area (Å²) in [5.74, 6) is -0.914. The minimum Gasteiger partial charge on any atom is -0.462 e. The molecule has 2 aromatic rings. The highest BCUT2D eigenvalue weighted by atomic mass is 31.2. The van der Waals surface area contributed by atoms with Crippen LogP contribution in [0.15, 0.2) is 16.8 Å². The van der Waals surface area contributed by atoms with Gasteiger partial charge in [0.05, 0.1) is 38.4 Å². The van der Waals surface area contributed by atoms with E-state index in [-0.39, 0.29) is 37.3 Å². The molecule has 0 amide bonds. The van der Waals surface area contributed by atoms with Crippen molar-refractivity contribution in [3.63, 3.8) is 0 Å². The lowest BCUT2D eigenvalue weighted by atomic mass is 10.1. The summed E-state index contributed by atoms with van der Waals surface area (Å²) in [7, 11) is 1.37. The number of nitro benzene ring substituents is 1. The number of carbonyl (C=O) groups excluding carboxylic acids is 2. The number of hydrogen-bond acceptors (Lipinski definition) is 13. The van der Waals surface area contributed by atoms with E-state index >= 15 is 0 Å². The van der Waals surface area contributed by atoms with Crippen molar-refractivity contribution >= 4 is 42.2 Å². The van der Waals surface area contributed by atoms with Gasteiger partial charge in [-0.05, 0) is 35.6 Å². The molecule has 0 radical (unpaired) electrons. The Balaban J connectivity index is 1.60. The van der Waals surface area contributed by atoms with Gasteiger partial charge in [0.1, 0.15) is 19.8 Å². The molecule has 17 heteroatoms. The van der Waals surface area contributed by atoms with Crippen LogP contribution in [0.1, 0.15) is 96.8 Å². The van der Waals surface area contributed by atoms with Gasteiger partial charge in [-0.25, -0.2) is 9.19 Å². The molecule has 0 aliphatic carbocycles. The van der Waals surface area contributed by atoms with E-state index in [2.05, 4.69) is 20.3 Å². The summed E-state index contributed by atoms with van der Waals surface area (Å²) in [5.41, 5.74) is 0.992. The van der Waals surface area contributed by atoms with E-state index in [1.54, 1.807) is 6.07 Å². The number of carbonyl (C=O) groups is 2. The maximum absolute atomic E-state index is 12.5. The van der Waals surface area contributed by atoms with Crippen molar-refractivity contribution < 1.29 is 51.6 Å². The number of ether oxygens (including phenoxy) is 2. The van der Waals surface area contributed by atoms with Gasteiger partial charge in [0.15, 0.2) is 11.6 Å². The van der Waals surface area contributed by atoms with Crippen LogP contribution in [0.25, 0.3) is 11.0 Å². The van der Waals surface area contributed by atoms with Crippen LogP contribution in [-0.2, 0) is 32.7 Å². The molecule has 1 aromatic carbocycles. The summed E-state index contributed by atoms with van der Waals surface area (Å²) in [6.45, 7) is 2.51. The number of fused-ring (bicyclic) bond motifs is 1. The number of phosphoric ester groups is 1. The van der Waals surface area contributed by atoms with E-state index in [1.165, 1.54) is 6.07 Å². The number of nitrogens with zero attached hydrogens (tertiary/aromatic N) is 4. The van der Waals surface area contributed by atoms with Crippen LogP contribution in [0.2, 0.25) is 0 Å². The molecule has 0 saturated carbocycles. The minimum absolute atomic E-state index is 0.00407. The highest BCUT2D eigenvalue weighted by Crippen LogP contribution is 2.43. The molecule has 278 valence electrons. The third kappa shape index (κ3) is 18.4. The van der Waals surface area contributed by atoms with Crippen molar-refractivity contribution in [1.82, 2.24) is 10.3 Å². The lowest BCUT2D eigenvalue weighted by Gasteiger charge is -2.24. The Morgan fingerprint density at radius 2 is 1.53 bits per heavy atom. The molecule has 0 spiro atoms. The number of benzene rings is 1.